The van der Waals surface area contributed by atoms with E-state index in [0.29, 0.717) is 5.56 Å². The first-order valence-corrected chi connectivity index (χ1v) is 4.47. The molecule has 0 unspecified atom stereocenters. The zero-order valence-corrected chi connectivity index (χ0v) is 8.56. The van der Waals surface area contributed by atoms with Crippen LogP contribution in [0.3, 0.4) is 0 Å². The molecule has 0 spiro atoms. The molecule has 13 heavy (non-hydrogen) atoms. The van der Waals surface area contributed by atoms with E-state index in [4.69, 9.17) is 5.11 Å². The number of halogens is 2. The van der Waals surface area contributed by atoms with Gasteiger partial charge in [0.1, 0.15) is 5.82 Å². The summed E-state index contributed by atoms with van der Waals surface area (Å²) in [6.07, 6.45) is -0.281. The third kappa shape index (κ3) is 2.28. The summed E-state index contributed by atoms with van der Waals surface area (Å²) in [4.78, 5) is 10.4. The summed E-state index contributed by atoms with van der Waals surface area (Å²) in [5, 5.41) is 8.52. The van der Waals surface area contributed by atoms with Gasteiger partial charge in [-0.25, -0.2) is 4.39 Å². The van der Waals surface area contributed by atoms with Gasteiger partial charge in [-0.1, -0.05) is 15.9 Å². The maximum Gasteiger partial charge on any atom is 0.307 e. The largest absolute Gasteiger partial charge is 0.481 e. The first-order chi connectivity index (χ1) is 6.02. The number of hydrogen-bond acceptors (Lipinski definition) is 1. The fraction of sp³-hybridized carbons (Fsp3) is 0.222. The van der Waals surface area contributed by atoms with E-state index >= 15 is 0 Å². The van der Waals surface area contributed by atoms with Gasteiger partial charge in [-0.2, -0.15) is 0 Å². The average molecular weight is 247 g/mol. The monoisotopic (exact) mass is 246 g/mol. The van der Waals surface area contributed by atoms with Gasteiger partial charge in [-0.15, -0.1) is 0 Å². The molecular weight excluding hydrogens is 239 g/mol. The second-order valence-corrected chi connectivity index (χ2v) is 3.56. The summed E-state index contributed by atoms with van der Waals surface area (Å²) in [6, 6.07) is 2.82. The van der Waals surface area contributed by atoms with Crippen molar-refractivity contribution in [1.29, 1.82) is 0 Å². The summed E-state index contributed by atoms with van der Waals surface area (Å²) in [5.74, 6) is -1.50. The molecule has 1 N–H and O–H groups in total. The van der Waals surface area contributed by atoms with E-state index in [1.807, 2.05) is 0 Å². The van der Waals surface area contributed by atoms with Gasteiger partial charge >= 0.3 is 5.97 Å². The minimum Gasteiger partial charge on any atom is -0.481 e. The molecule has 0 aromatic heterocycles. The highest BCUT2D eigenvalue weighted by Gasteiger charge is 2.11. The third-order valence-electron chi connectivity index (χ3n) is 1.80. The van der Waals surface area contributed by atoms with Gasteiger partial charge in [0.05, 0.1) is 6.42 Å². The fourth-order valence-corrected chi connectivity index (χ4v) is 1.43. The minimum absolute atomic E-state index is 0.238. The lowest BCUT2D eigenvalue weighted by molar-refractivity contribution is -0.136. The van der Waals surface area contributed by atoms with Crippen LogP contribution in [0.25, 0.3) is 0 Å². The fourth-order valence-electron chi connectivity index (χ4n) is 1.06. The number of rotatable bonds is 2. The van der Waals surface area contributed by atoms with Crippen LogP contribution in [-0.4, -0.2) is 11.1 Å². The van der Waals surface area contributed by atoms with Crippen molar-refractivity contribution in [2.45, 2.75) is 13.3 Å². The van der Waals surface area contributed by atoms with Gasteiger partial charge in [-0.3, -0.25) is 4.79 Å². The highest BCUT2D eigenvalue weighted by atomic mass is 79.9. The Kier molecular flexibility index (Phi) is 3.03. The molecule has 2 nitrogen and oxygen atoms in total. The van der Waals surface area contributed by atoms with E-state index in [1.165, 1.54) is 6.07 Å². The Bertz CT molecular complexity index is 350. The first-order valence-electron chi connectivity index (χ1n) is 3.67. The molecule has 0 atom stereocenters. The normalized spacial score (nSPS) is 10.1. The average Bonchev–Trinajstić information content (AvgIpc) is 2.05. The van der Waals surface area contributed by atoms with Crippen molar-refractivity contribution in [3.8, 4) is 0 Å². The molecule has 0 aliphatic carbocycles. The zero-order chi connectivity index (χ0) is 10.0. The second-order valence-electron chi connectivity index (χ2n) is 2.70. The molecule has 0 aliphatic heterocycles. The maximum atomic E-state index is 13.1. The highest BCUT2D eigenvalue weighted by molar-refractivity contribution is 9.10. The van der Waals surface area contributed by atoms with Crippen molar-refractivity contribution in [1.82, 2.24) is 0 Å². The van der Waals surface area contributed by atoms with Crippen molar-refractivity contribution >= 4 is 21.9 Å². The SMILES string of the molecule is Cc1c(Br)ccc(F)c1CC(=O)O. The lowest BCUT2D eigenvalue weighted by Gasteiger charge is -2.06. The van der Waals surface area contributed by atoms with Crippen LogP contribution in [0.1, 0.15) is 11.1 Å². The number of aliphatic carboxylic acids is 1. The smallest absolute Gasteiger partial charge is 0.307 e. The Balaban J connectivity index is 3.17. The number of carboxylic acids is 1. The van der Waals surface area contributed by atoms with E-state index < -0.39 is 11.8 Å². The van der Waals surface area contributed by atoms with Crippen LogP contribution in [0.5, 0.6) is 0 Å². The van der Waals surface area contributed by atoms with Gasteiger partial charge < -0.3 is 5.11 Å². The van der Waals surface area contributed by atoms with Crippen LogP contribution >= 0.6 is 15.9 Å². The highest BCUT2D eigenvalue weighted by Crippen LogP contribution is 2.22. The standard InChI is InChI=1S/C9H8BrFO2/c1-5-6(4-9(12)13)8(11)3-2-7(5)10/h2-3H,4H2,1H3,(H,12,13). The lowest BCUT2D eigenvalue weighted by atomic mass is 10.1. The zero-order valence-electron chi connectivity index (χ0n) is 6.97. The number of hydrogen-bond donors (Lipinski definition) is 1. The summed E-state index contributed by atoms with van der Waals surface area (Å²) >= 11 is 3.21. The summed E-state index contributed by atoms with van der Waals surface area (Å²) in [5.41, 5.74) is 0.879. The van der Waals surface area contributed by atoms with Gasteiger partial charge in [0.2, 0.25) is 0 Å². The van der Waals surface area contributed by atoms with Gasteiger partial charge in [0.25, 0.3) is 0 Å². The minimum atomic E-state index is -1.03. The molecule has 0 amide bonds. The predicted molar refractivity (Wildman–Crippen MR) is 50.2 cm³/mol. The quantitative estimate of drug-likeness (QED) is 0.871. The molecule has 1 aromatic carbocycles. The Morgan fingerprint density at radius 2 is 2.23 bits per heavy atom. The molecule has 0 saturated heterocycles. The topological polar surface area (TPSA) is 37.3 Å². The number of carbonyl (C=O) groups is 1. The van der Waals surface area contributed by atoms with E-state index in [9.17, 15) is 9.18 Å². The number of carboxylic acid groups (broad SMARTS) is 1. The Morgan fingerprint density at radius 1 is 1.62 bits per heavy atom. The molecule has 0 radical (unpaired) electrons. The molecule has 0 heterocycles. The van der Waals surface area contributed by atoms with Crippen LogP contribution in [0.4, 0.5) is 4.39 Å². The lowest BCUT2D eigenvalue weighted by Crippen LogP contribution is -2.04. The van der Waals surface area contributed by atoms with Gasteiger partial charge in [0.15, 0.2) is 0 Å². The molecule has 0 saturated carbocycles. The molecule has 1 aromatic rings. The van der Waals surface area contributed by atoms with E-state index in [2.05, 4.69) is 15.9 Å². The maximum absolute atomic E-state index is 13.1. The third-order valence-corrected chi connectivity index (χ3v) is 2.66. The molecule has 1 rings (SSSR count). The summed E-state index contributed by atoms with van der Waals surface area (Å²) in [6.45, 7) is 1.69. The predicted octanol–water partition coefficient (Wildman–Crippen LogP) is 2.52. The van der Waals surface area contributed by atoms with E-state index in [1.54, 1.807) is 13.0 Å². The van der Waals surface area contributed by atoms with Crippen molar-refractivity contribution < 1.29 is 14.3 Å². The van der Waals surface area contributed by atoms with Crippen molar-refractivity contribution in [2.75, 3.05) is 0 Å². The number of benzene rings is 1. The molecular formula is C9H8BrFO2. The van der Waals surface area contributed by atoms with Gasteiger partial charge in [-0.05, 0) is 24.6 Å². The molecule has 0 aliphatic rings. The Hall–Kier alpha value is -0.900. The molecule has 70 valence electrons. The van der Waals surface area contributed by atoms with Crippen molar-refractivity contribution in [2.24, 2.45) is 0 Å². The Labute approximate surface area is 83.5 Å². The van der Waals surface area contributed by atoms with Gasteiger partial charge in [0, 0.05) is 10.0 Å². The van der Waals surface area contributed by atoms with Crippen LogP contribution in [0, 0.1) is 12.7 Å². The van der Waals surface area contributed by atoms with Crippen LogP contribution in [0.2, 0.25) is 0 Å². The molecule has 0 fully saturated rings. The Morgan fingerprint density at radius 3 is 2.77 bits per heavy atom. The van der Waals surface area contributed by atoms with E-state index in [-0.39, 0.29) is 12.0 Å². The van der Waals surface area contributed by atoms with Crippen LogP contribution in [-0.2, 0) is 11.2 Å². The van der Waals surface area contributed by atoms with Crippen LogP contribution in [0.15, 0.2) is 16.6 Å². The summed E-state index contributed by atoms with van der Waals surface area (Å²) in [7, 11) is 0. The van der Waals surface area contributed by atoms with Crippen molar-refractivity contribution in [3.63, 3.8) is 0 Å². The van der Waals surface area contributed by atoms with Crippen LogP contribution < -0.4 is 0 Å². The molecule has 4 heteroatoms. The van der Waals surface area contributed by atoms with E-state index in [0.717, 1.165) is 4.47 Å². The van der Waals surface area contributed by atoms with Crippen molar-refractivity contribution in [3.05, 3.63) is 33.5 Å². The second kappa shape index (κ2) is 3.87. The first kappa shape index (κ1) is 10.2. The molecule has 0 bridgehead atoms. The summed E-state index contributed by atoms with van der Waals surface area (Å²) < 4.78 is 13.8.